The van der Waals surface area contributed by atoms with E-state index in [-0.39, 0.29) is 0 Å². The highest BCUT2D eigenvalue weighted by Gasteiger charge is 2.25. The number of aryl methyl sites for hydroxylation is 3. The molecule has 22 heavy (non-hydrogen) atoms. The largest absolute Gasteiger partial charge is 0.243 e. The van der Waals surface area contributed by atoms with Gasteiger partial charge in [-0.05, 0) is 49.6 Å². The molecule has 0 radical (unpaired) electrons. The first kappa shape index (κ1) is 17.2. The third-order valence-electron chi connectivity index (χ3n) is 3.59. The van der Waals surface area contributed by atoms with Crippen molar-refractivity contribution in [1.29, 1.82) is 0 Å². The second kappa shape index (κ2) is 6.52. The standard InChI is InChI=1S/C17H20BrNO2S/c1-12-9-13(2)17(14(3)10-12)22(20,21)19(4)11-15-5-7-16(18)8-6-15/h5-10H,11H2,1-4H3. The van der Waals surface area contributed by atoms with Gasteiger partial charge in [-0.3, -0.25) is 0 Å². The number of sulfonamides is 1. The maximum atomic E-state index is 12.9. The molecule has 0 aliphatic heterocycles. The first-order chi connectivity index (χ1) is 10.2. The summed E-state index contributed by atoms with van der Waals surface area (Å²) in [5.41, 5.74) is 3.61. The Balaban J connectivity index is 2.36. The van der Waals surface area contributed by atoms with Gasteiger partial charge in [0.25, 0.3) is 0 Å². The van der Waals surface area contributed by atoms with Crippen LogP contribution in [0.25, 0.3) is 0 Å². The lowest BCUT2D eigenvalue weighted by molar-refractivity contribution is 0.466. The molecule has 0 amide bonds. The lowest BCUT2D eigenvalue weighted by atomic mass is 10.1. The molecule has 0 aliphatic rings. The summed E-state index contributed by atoms with van der Waals surface area (Å²) in [4.78, 5) is 0.415. The van der Waals surface area contributed by atoms with Crippen molar-refractivity contribution in [1.82, 2.24) is 4.31 Å². The lowest BCUT2D eigenvalue weighted by Gasteiger charge is -2.20. The average Bonchev–Trinajstić information content (AvgIpc) is 2.39. The number of hydrogen-bond acceptors (Lipinski definition) is 2. The molecule has 2 rings (SSSR count). The van der Waals surface area contributed by atoms with Crippen LogP contribution >= 0.6 is 15.9 Å². The first-order valence-corrected chi connectivity index (χ1v) is 9.24. The first-order valence-electron chi connectivity index (χ1n) is 7.00. The number of hydrogen-bond donors (Lipinski definition) is 0. The SMILES string of the molecule is Cc1cc(C)c(S(=O)(=O)N(C)Cc2ccc(Br)cc2)c(C)c1. The third-order valence-corrected chi connectivity index (χ3v) is 6.23. The second-order valence-electron chi connectivity index (χ2n) is 5.62. The molecule has 0 fully saturated rings. The molecule has 2 aromatic carbocycles. The van der Waals surface area contributed by atoms with Gasteiger partial charge in [0, 0.05) is 18.1 Å². The van der Waals surface area contributed by atoms with Gasteiger partial charge >= 0.3 is 0 Å². The summed E-state index contributed by atoms with van der Waals surface area (Å²) in [6, 6.07) is 11.5. The molecule has 0 unspecified atom stereocenters. The van der Waals surface area contributed by atoms with Crippen LogP contribution in [0.2, 0.25) is 0 Å². The number of halogens is 1. The van der Waals surface area contributed by atoms with Gasteiger partial charge in [-0.1, -0.05) is 45.8 Å². The van der Waals surface area contributed by atoms with Crippen molar-refractivity contribution in [2.75, 3.05) is 7.05 Å². The van der Waals surface area contributed by atoms with E-state index in [2.05, 4.69) is 15.9 Å². The van der Waals surface area contributed by atoms with Crippen LogP contribution in [0.15, 0.2) is 45.8 Å². The molecule has 0 saturated carbocycles. The van der Waals surface area contributed by atoms with E-state index in [4.69, 9.17) is 0 Å². The number of nitrogens with zero attached hydrogens (tertiary/aromatic N) is 1. The molecule has 0 aliphatic carbocycles. The van der Waals surface area contributed by atoms with Crippen LogP contribution in [-0.4, -0.2) is 19.8 Å². The molecular formula is C17H20BrNO2S. The summed E-state index contributed by atoms with van der Waals surface area (Å²) in [5, 5.41) is 0. The van der Waals surface area contributed by atoms with Gasteiger partial charge in [0.1, 0.15) is 0 Å². The molecule has 0 N–H and O–H groups in total. The third kappa shape index (κ3) is 3.59. The van der Waals surface area contributed by atoms with E-state index in [1.54, 1.807) is 7.05 Å². The van der Waals surface area contributed by atoms with Gasteiger partial charge < -0.3 is 0 Å². The summed E-state index contributed by atoms with van der Waals surface area (Å²) < 4.78 is 28.1. The Morgan fingerprint density at radius 1 is 1.00 bits per heavy atom. The number of benzene rings is 2. The Morgan fingerprint density at radius 3 is 2.00 bits per heavy atom. The Kier molecular flexibility index (Phi) is 5.10. The zero-order valence-electron chi connectivity index (χ0n) is 13.2. The minimum atomic E-state index is -3.50. The van der Waals surface area contributed by atoms with E-state index >= 15 is 0 Å². The fraction of sp³-hybridized carbons (Fsp3) is 0.294. The predicted molar refractivity (Wildman–Crippen MR) is 93.4 cm³/mol. The summed E-state index contributed by atoms with van der Waals surface area (Å²) in [5.74, 6) is 0. The van der Waals surface area contributed by atoms with Crippen LogP contribution in [0.4, 0.5) is 0 Å². The summed E-state index contributed by atoms with van der Waals surface area (Å²) in [7, 11) is -1.88. The van der Waals surface area contributed by atoms with Crippen molar-refractivity contribution >= 4 is 26.0 Å². The molecule has 0 spiro atoms. The van der Waals surface area contributed by atoms with Gasteiger partial charge in [-0.2, -0.15) is 4.31 Å². The quantitative estimate of drug-likeness (QED) is 0.795. The highest BCUT2D eigenvalue weighted by Crippen LogP contribution is 2.25. The number of rotatable bonds is 4. The minimum absolute atomic E-state index is 0.350. The molecular weight excluding hydrogens is 362 g/mol. The molecule has 0 aromatic heterocycles. The Hall–Kier alpha value is -1.17. The van der Waals surface area contributed by atoms with Gasteiger partial charge in [0.2, 0.25) is 10.0 Å². The summed E-state index contributed by atoms with van der Waals surface area (Å²) >= 11 is 3.38. The molecule has 3 nitrogen and oxygen atoms in total. The van der Waals surface area contributed by atoms with Crippen molar-refractivity contribution in [3.05, 3.63) is 63.1 Å². The van der Waals surface area contributed by atoms with Crippen LogP contribution in [0.1, 0.15) is 22.3 Å². The van der Waals surface area contributed by atoms with Gasteiger partial charge in [-0.15, -0.1) is 0 Å². The smallest absolute Gasteiger partial charge is 0.207 e. The van der Waals surface area contributed by atoms with Gasteiger partial charge in [0.05, 0.1) is 4.90 Å². The molecule has 5 heteroatoms. The maximum Gasteiger partial charge on any atom is 0.243 e. The van der Waals surface area contributed by atoms with Gasteiger partial charge in [-0.25, -0.2) is 8.42 Å². The highest BCUT2D eigenvalue weighted by atomic mass is 79.9. The summed E-state index contributed by atoms with van der Waals surface area (Å²) in [6.45, 7) is 6.02. The molecule has 118 valence electrons. The minimum Gasteiger partial charge on any atom is -0.207 e. The maximum absolute atomic E-state index is 12.9. The van der Waals surface area contributed by atoms with Crippen molar-refractivity contribution in [2.45, 2.75) is 32.2 Å². The van der Waals surface area contributed by atoms with Gasteiger partial charge in [0.15, 0.2) is 0 Å². The van der Waals surface area contributed by atoms with E-state index in [1.165, 1.54) is 4.31 Å². The topological polar surface area (TPSA) is 37.4 Å². The summed E-state index contributed by atoms with van der Waals surface area (Å²) in [6.07, 6.45) is 0. The van der Waals surface area contributed by atoms with Crippen molar-refractivity contribution in [2.24, 2.45) is 0 Å². The van der Waals surface area contributed by atoms with Crippen LogP contribution in [0, 0.1) is 20.8 Å². The Labute approximate surface area is 141 Å². The van der Waals surface area contributed by atoms with Crippen molar-refractivity contribution in [3.63, 3.8) is 0 Å². The van der Waals surface area contributed by atoms with Crippen LogP contribution in [0.3, 0.4) is 0 Å². The predicted octanol–water partition coefficient (Wildman–Crippen LogP) is 4.20. The molecule has 0 bridgehead atoms. The fourth-order valence-electron chi connectivity index (χ4n) is 2.66. The molecule has 0 saturated heterocycles. The Morgan fingerprint density at radius 2 is 1.50 bits per heavy atom. The highest BCUT2D eigenvalue weighted by molar-refractivity contribution is 9.10. The molecule has 0 heterocycles. The van der Waals surface area contributed by atoms with E-state index in [9.17, 15) is 8.42 Å². The van der Waals surface area contributed by atoms with Crippen molar-refractivity contribution < 1.29 is 8.42 Å². The molecule has 0 atom stereocenters. The van der Waals surface area contributed by atoms with E-state index in [0.29, 0.717) is 11.4 Å². The zero-order valence-corrected chi connectivity index (χ0v) is 15.6. The van der Waals surface area contributed by atoms with Crippen LogP contribution in [0.5, 0.6) is 0 Å². The monoisotopic (exact) mass is 381 g/mol. The zero-order chi connectivity index (χ0) is 16.5. The normalized spacial score (nSPS) is 11.9. The van der Waals surface area contributed by atoms with Crippen molar-refractivity contribution in [3.8, 4) is 0 Å². The van der Waals surface area contributed by atoms with Crippen LogP contribution < -0.4 is 0 Å². The van der Waals surface area contributed by atoms with Crippen LogP contribution in [-0.2, 0) is 16.6 Å². The van der Waals surface area contributed by atoms with E-state index in [1.807, 2.05) is 57.2 Å². The Bertz CT molecular complexity index is 760. The van der Waals surface area contributed by atoms with E-state index < -0.39 is 10.0 Å². The average molecular weight is 382 g/mol. The second-order valence-corrected chi connectivity index (χ2v) is 8.51. The molecule has 2 aromatic rings. The van der Waals surface area contributed by atoms with E-state index in [0.717, 1.165) is 26.7 Å². The lowest BCUT2D eigenvalue weighted by Crippen LogP contribution is -2.27. The fourth-order valence-corrected chi connectivity index (χ4v) is 4.49.